The van der Waals surface area contributed by atoms with E-state index in [2.05, 4.69) is 77.1 Å². The van der Waals surface area contributed by atoms with Crippen LogP contribution in [0.25, 0.3) is 0 Å². The Balaban J connectivity index is 0.00000169. The fourth-order valence-electron chi connectivity index (χ4n) is 3.77. The van der Waals surface area contributed by atoms with Crippen molar-refractivity contribution in [2.45, 2.75) is 40.2 Å². The van der Waals surface area contributed by atoms with E-state index in [1.807, 2.05) is 7.11 Å². The van der Waals surface area contributed by atoms with E-state index in [9.17, 15) is 0 Å². The topological polar surface area (TPSA) is 9.23 Å². The van der Waals surface area contributed by atoms with E-state index < -0.39 is 5.60 Å². The monoisotopic (exact) mass is 465 g/mol. The summed E-state index contributed by atoms with van der Waals surface area (Å²) in [5.74, 6) is 0. The number of allylic oxidation sites excluding steroid dienone is 6. The minimum atomic E-state index is -0.502. The molecular formula is C22H25Cl2OZr. The van der Waals surface area contributed by atoms with Crippen LogP contribution in [0.5, 0.6) is 0 Å². The zero-order chi connectivity index (χ0) is 17.7. The van der Waals surface area contributed by atoms with Crippen molar-refractivity contribution >= 4 is 0 Å². The van der Waals surface area contributed by atoms with Crippen molar-refractivity contribution in [3.8, 4) is 0 Å². The molecule has 0 saturated heterocycles. The van der Waals surface area contributed by atoms with Crippen LogP contribution in [0.2, 0.25) is 0 Å². The van der Waals surface area contributed by atoms with Crippen molar-refractivity contribution in [2.75, 3.05) is 7.11 Å². The molecule has 1 nitrogen and oxygen atoms in total. The molecule has 0 spiro atoms. The summed E-state index contributed by atoms with van der Waals surface area (Å²) < 4.78 is 7.71. The van der Waals surface area contributed by atoms with Gasteiger partial charge in [0.25, 0.3) is 0 Å². The quantitative estimate of drug-likeness (QED) is 0.567. The van der Waals surface area contributed by atoms with Gasteiger partial charge in [-0.05, 0) is 0 Å². The molecule has 3 rings (SSSR count). The molecule has 0 aliphatic heterocycles. The molecule has 0 saturated carbocycles. The van der Waals surface area contributed by atoms with E-state index in [-0.39, 0.29) is 30.2 Å². The van der Waals surface area contributed by atoms with Crippen molar-refractivity contribution < 1.29 is 54.3 Å². The summed E-state index contributed by atoms with van der Waals surface area (Å²) in [4.78, 5) is 0. The molecule has 0 aromatic heterocycles. The fourth-order valence-corrected chi connectivity index (χ4v) is 4.51. The van der Waals surface area contributed by atoms with Crippen LogP contribution < -0.4 is 24.8 Å². The maximum absolute atomic E-state index is 6.29. The number of halogens is 2. The average molecular weight is 468 g/mol. The number of benzene rings is 1. The maximum atomic E-state index is 6.29. The predicted molar refractivity (Wildman–Crippen MR) is 96.4 cm³/mol. The van der Waals surface area contributed by atoms with Crippen molar-refractivity contribution in [1.29, 1.82) is 0 Å². The van der Waals surface area contributed by atoms with Crippen LogP contribution in [0, 0.1) is 19.3 Å². The van der Waals surface area contributed by atoms with Gasteiger partial charge in [-0.1, -0.05) is 0 Å². The van der Waals surface area contributed by atoms with Gasteiger partial charge >= 0.3 is 161 Å². The molecule has 0 N–H and O–H groups in total. The van der Waals surface area contributed by atoms with Crippen LogP contribution in [-0.4, -0.2) is 7.11 Å². The van der Waals surface area contributed by atoms with Crippen molar-refractivity contribution in [1.82, 2.24) is 0 Å². The van der Waals surface area contributed by atoms with Crippen molar-refractivity contribution in [2.24, 2.45) is 5.41 Å². The molecule has 0 heterocycles. The smallest absolute Gasteiger partial charge is 1.00 e. The van der Waals surface area contributed by atoms with E-state index in [0.29, 0.717) is 0 Å². The first-order valence-electron chi connectivity index (χ1n) is 8.42. The number of hydrogen-bond donors (Lipinski definition) is 0. The Kier molecular flexibility index (Phi) is 7.56. The first-order chi connectivity index (χ1) is 11.2. The molecule has 0 radical (unpaired) electrons. The van der Waals surface area contributed by atoms with Crippen LogP contribution in [0.15, 0.2) is 62.5 Å². The number of rotatable bonds is 2. The van der Waals surface area contributed by atoms with Crippen LogP contribution in [0.4, 0.5) is 0 Å². The molecule has 4 heteroatoms. The number of hydrogen-bond acceptors (Lipinski definition) is 1. The Hall–Kier alpha value is -0.397. The molecule has 1 aromatic carbocycles. The van der Waals surface area contributed by atoms with Gasteiger partial charge in [-0.25, -0.2) is 0 Å². The van der Waals surface area contributed by atoms with Crippen molar-refractivity contribution in [3.05, 3.63) is 79.2 Å². The first-order valence-corrected chi connectivity index (χ1v) is 9.65. The predicted octanol–water partition coefficient (Wildman–Crippen LogP) is -0.564. The minimum Gasteiger partial charge on any atom is -1.00 e. The SMILES string of the molecule is COC1(c2cccc(C)c2C)C=C2C=C[C]([Zr+2])=C2C=C1C(C)(C)C.[Cl-].[Cl-]. The Morgan fingerprint density at radius 1 is 1.04 bits per heavy atom. The van der Waals surface area contributed by atoms with E-state index >= 15 is 0 Å². The molecular weight excluding hydrogens is 442 g/mol. The molecule has 1 unspecified atom stereocenters. The van der Waals surface area contributed by atoms with E-state index in [1.54, 1.807) is 0 Å². The molecule has 0 amide bonds. The van der Waals surface area contributed by atoms with Gasteiger partial charge in [0.15, 0.2) is 0 Å². The maximum Gasteiger partial charge on any atom is -1.00 e. The van der Waals surface area contributed by atoms with Gasteiger partial charge in [0.1, 0.15) is 0 Å². The van der Waals surface area contributed by atoms with Crippen LogP contribution in [0.1, 0.15) is 37.5 Å². The number of ether oxygens (including phenoxy) is 1. The third kappa shape index (κ3) is 3.76. The van der Waals surface area contributed by atoms with Gasteiger partial charge in [0, 0.05) is 0 Å². The molecule has 0 bridgehead atoms. The Morgan fingerprint density at radius 3 is 2.27 bits per heavy atom. The van der Waals surface area contributed by atoms with Crippen molar-refractivity contribution in [3.63, 3.8) is 0 Å². The summed E-state index contributed by atoms with van der Waals surface area (Å²) >= 11 is 1.46. The van der Waals surface area contributed by atoms with Gasteiger partial charge < -0.3 is 24.8 Å². The summed E-state index contributed by atoms with van der Waals surface area (Å²) in [7, 11) is 1.84. The third-order valence-electron chi connectivity index (χ3n) is 5.21. The third-order valence-corrected chi connectivity index (χ3v) is 6.28. The van der Waals surface area contributed by atoms with Crippen LogP contribution in [0.3, 0.4) is 0 Å². The molecule has 2 aliphatic rings. The summed E-state index contributed by atoms with van der Waals surface area (Å²) in [6, 6.07) is 6.53. The van der Waals surface area contributed by atoms with Gasteiger partial charge in [-0.15, -0.1) is 0 Å². The first kappa shape index (κ1) is 23.6. The van der Waals surface area contributed by atoms with Gasteiger partial charge in [-0.3, -0.25) is 0 Å². The van der Waals surface area contributed by atoms with Crippen LogP contribution in [-0.2, 0) is 35.1 Å². The number of fused-ring (bicyclic) bond motifs is 1. The zero-order valence-corrected chi connectivity index (χ0v) is 20.2. The molecule has 1 atom stereocenters. The number of methoxy groups -OCH3 is 1. The Bertz CT molecular complexity index is 825. The largest absolute Gasteiger partial charge is 1.00 e. The van der Waals surface area contributed by atoms with Crippen LogP contribution >= 0.6 is 0 Å². The van der Waals surface area contributed by atoms with E-state index in [4.69, 9.17) is 4.74 Å². The zero-order valence-electron chi connectivity index (χ0n) is 16.2. The molecule has 1 aromatic rings. The van der Waals surface area contributed by atoms with E-state index in [1.165, 1.54) is 61.4 Å². The summed E-state index contributed by atoms with van der Waals surface area (Å²) in [6.07, 6.45) is 9.18. The second kappa shape index (κ2) is 8.31. The van der Waals surface area contributed by atoms with E-state index in [0.717, 1.165) is 0 Å². The summed E-state index contributed by atoms with van der Waals surface area (Å²) in [5, 5.41) is 0. The Morgan fingerprint density at radius 2 is 1.69 bits per heavy atom. The molecule has 2 aliphatic carbocycles. The summed E-state index contributed by atoms with van der Waals surface area (Å²) in [6.45, 7) is 11.2. The molecule has 0 fully saturated rings. The minimum absolute atomic E-state index is 0. The standard InChI is InChI=1S/C22H25O.2ClH.Zr/c1-15-9-7-12-19(16(15)2)22(23-6)14-18-11-8-10-17(18)13-20(22)21(3,4)5;;;/h7-9,11-14H,1-6H3;2*1H;/q;;;+2/p-2. The Labute approximate surface area is 185 Å². The number of aryl methyl sites for hydroxylation is 1. The van der Waals surface area contributed by atoms with Gasteiger partial charge in [0.2, 0.25) is 0 Å². The second-order valence-corrected chi connectivity index (χ2v) is 9.08. The van der Waals surface area contributed by atoms with Gasteiger partial charge in [0.05, 0.1) is 0 Å². The molecule has 137 valence electrons. The molecule has 26 heavy (non-hydrogen) atoms. The van der Waals surface area contributed by atoms with Gasteiger partial charge in [-0.2, -0.15) is 0 Å². The fraction of sp³-hybridized carbons (Fsp3) is 0.364. The summed E-state index contributed by atoms with van der Waals surface area (Å²) in [5.41, 5.74) is 7.37. The normalized spacial score (nSPS) is 21.5. The average Bonchev–Trinajstić information content (AvgIpc) is 2.88. The second-order valence-electron chi connectivity index (χ2n) is 7.76.